The molecule has 0 aliphatic carbocycles. The van der Waals surface area contributed by atoms with Crippen LogP contribution >= 0.6 is 11.3 Å². The Balaban J connectivity index is 1.31. The molecule has 6 aromatic carbocycles. The lowest BCUT2D eigenvalue weighted by atomic mass is 9.93. The number of pyridine rings is 2. The molecule has 9 rings (SSSR count). The lowest BCUT2D eigenvalue weighted by Crippen LogP contribution is -1.94. The van der Waals surface area contributed by atoms with Gasteiger partial charge in [-0.2, -0.15) is 0 Å². The Labute approximate surface area is 264 Å². The summed E-state index contributed by atoms with van der Waals surface area (Å²) in [5, 5.41) is 8.01. The summed E-state index contributed by atoms with van der Waals surface area (Å²) in [5.41, 5.74) is 8.41. The van der Waals surface area contributed by atoms with Crippen molar-refractivity contribution in [3.63, 3.8) is 0 Å². The molecule has 0 unspecified atom stereocenters. The molecule has 4 heteroatoms. The maximum absolute atomic E-state index is 5.36. The summed E-state index contributed by atoms with van der Waals surface area (Å²) in [6.45, 7) is 0. The van der Waals surface area contributed by atoms with Crippen LogP contribution in [0.4, 0.5) is 0 Å². The number of hydrogen-bond donors (Lipinski definition) is 0. The third-order valence-corrected chi connectivity index (χ3v) is 9.66. The van der Waals surface area contributed by atoms with E-state index in [2.05, 4.69) is 138 Å². The lowest BCUT2D eigenvalue weighted by Gasteiger charge is -2.15. The molecule has 0 amide bonds. The molecule has 3 heterocycles. The third kappa shape index (κ3) is 4.38. The first-order valence-corrected chi connectivity index (χ1v) is 15.8. The average molecular weight is 592 g/mol. The van der Waals surface area contributed by atoms with Gasteiger partial charge >= 0.3 is 0 Å². The predicted octanol–water partition coefficient (Wildman–Crippen LogP) is 11.2. The van der Waals surface area contributed by atoms with Gasteiger partial charge in [-0.1, -0.05) is 115 Å². The molecule has 45 heavy (non-hydrogen) atoms. The van der Waals surface area contributed by atoms with Crippen molar-refractivity contribution >= 4 is 53.9 Å². The molecule has 210 valence electrons. The van der Waals surface area contributed by atoms with E-state index >= 15 is 0 Å². The van der Waals surface area contributed by atoms with Crippen LogP contribution in [0, 0.1) is 0 Å². The molecule has 0 bridgehead atoms. The number of thiazole rings is 1. The standard InChI is InChI=1S/C41H25N3S/c1-3-13-29-26(10-1)12-9-17-31(29)28-22-38(43-39(23-28)36-25-42-24-27-11-2-4-14-30(27)36)34-20-21-35(33-16-6-5-15-32(33)34)41-44-37-18-7-8-19-40(37)45-41/h1-25H. The van der Waals surface area contributed by atoms with Crippen LogP contribution in [0.5, 0.6) is 0 Å². The topological polar surface area (TPSA) is 38.7 Å². The zero-order chi connectivity index (χ0) is 29.7. The fourth-order valence-electron chi connectivity index (χ4n) is 6.46. The molecule has 0 N–H and O–H groups in total. The van der Waals surface area contributed by atoms with Crippen LogP contribution < -0.4 is 0 Å². The monoisotopic (exact) mass is 591 g/mol. The van der Waals surface area contributed by atoms with Crippen LogP contribution in [0.3, 0.4) is 0 Å². The SMILES string of the molecule is c1ccc2c(-c3cc(-c4cncc5ccccc45)nc(-c4ccc(-c5nc6ccccc6s5)c5ccccc45)c3)cccc2c1. The van der Waals surface area contributed by atoms with E-state index in [1.54, 1.807) is 11.3 Å². The highest BCUT2D eigenvalue weighted by atomic mass is 32.1. The zero-order valence-corrected chi connectivity index (χ0v) is 25.0. The number of rotatable bonds is 4. The minimum atomic E-state index is 0.902. The number of nitrogens with zero attached hydrogens (tertiary/aromatic N) is 3. The summed E-state index contributed by atoms with van der Waals surface area (Å²) < 4.78 is 1.19. The molecule has 3 nitrogen and oxygen atoms in total. The number of aromatic nitrogens is 3. The van der Waals surface area contributed by atoms with Crippen LogP contribution in [-0.2, 0) is 0 Å². The molecular weight excluding hydrogens is 567 g/mol. The summed E-state index contributed by atoms with van der Waals surface area (Å²) >= 11 is 1.73. The van der Waals surface area contributed by atoms with Crippen molar-refractivity contribution in [3.8, 4) is 44.2 Å². The van der Waals surface area contributed by atoms with Gasteiger partial charge in [0.15, 0.2) is 0 Å². The van der Waals surface area contributed by atoms with Crippen LogP contribution in [0.2, 0.25) is 0 Å². The average Bonchev–Trinajstić information content (AvgIpc) is 3.55. The van der Waals surface area contributed by atoms with E-state index in [4.69, 9.17) is 9.97 Å². The first kappa shape index (κ1) is 25.8. The van der Waals surface area contributed by atoms with Crippen LogP contribution in [0.1, 0.15) is 0 Å². The van der Waals surface area contributed by atoms with Crippen LogP contribution in [0.15, 0.2) is 152 Å². The summed E-state index contributed by atoms with van der Waals surface area (Å²) in [4.78, 5) is 15.0. The Morgan fingerprint density at radius 3 is 1.87 bits per heavy atom. The number of para-hydroxylation sites is 1. The molecule has 0 radical (unpaired) electrons. The van der Waals surface area contributed by atoms with Gasteiger partial charge in [0.25, 0.3) is 0 Å². The van der Waals surface area contributed by atoms with Crippen molar-refractivity contribution in [2.24, 2.45) is 0 Å². The van der Waals surface area contributed by atoms with E-state index in [1.165, 1.54) is 26.4 Å². The first-order chi connectivity index (χ1) is 22.3. The summed E-state index contributed by atoms with van der Waals surface area (Å²) in [5.74, 6) is 0. The van der Waals surface area contributed by atoms with Crippen molar-refractivity contribution in [1.29, 1.82) is 0 Å². The van der Waals surface area contributed by atoms with Crippen molar-refractivity contribution in [1.82, 2.24) is 15.0 Å². The molecule has 0 fully saturated rings. The van der Waals surface area contributed by atoms with Gasteiger partial charge in [-0.15, -0.1) is 11.3 Å². The van der Waals surface area contributed by atoms with E-state index in [-0.39, 0.29) is 0 Å². The van der Waals surface area contributed by atoms with Gasteiger partial charge in [-0.25, -0.2) is 9.97 Å². The van der Waals surface area contributed by atoms with Gasteiger partial charge in [0.1, 0.15) is 5.01 Å². The Morgan fingerprint density at radius 1 is 0.422 bits per heavy atom. The first-order valence-electron chi connectivity index (χ1n) is 15.0. The summed E-state index contributed by atoms with van der Waals surface area (Å²) in [6, 6.07) is 49.3. The second-order valence-electron chi connectivity index (χ2n) is 11.3. The van der Waals surface area contributed by atoms with E-state index in [0.717, 1.165) is 60.3 Å². The molecule has 0 saturated heterocycles. The molecular formula is C41H25N3S. The second kappa shape index (κ2) is 10.5. The summed E-state index contributed by atoms with van der Waals surface area (Å²) in [6.07, 6.45) is 3.86. The van der Waals surface area contributed by atoms with Crippen molar-refractivity contribution < 1.29 is 0 Å². The normalized spacial score (nSPS) is 11.6. The molecule has 0 atom stereocenters. The highest BCUT2D eigenvalue weighted by Crippen LogP contribution is 2.41. The Morgan fingerprint density at radius 2 is 1.04 bits per heavy atom. The van der Waals surface area contributed by atoms with Crippen molar-refractivity contribution in [3.05, 3.63) is 152 Å². The van der Waals surface area contributed by atoms with Crippen LogP contribution in [0.25, 0.3) is 86.7 Å². The van der Waals surface area contributed by atoms with Gasteiger partial charge < -0.3 is 0 Å². The smallest absolute Gasteiger partial charge is 0.125 e. The Hall–Kier alpha value is -5.71. The van der Waals surface area contributed by atoms with E-state index < -0.39 is 0 Å². The van der Waals surface area contributed by atoms with Crippen molar-refractivity contribution in [2.45, 2.75) is 0 Å². The third-order valence-electron chi connectivity index (χ3n) is 8.59. The molecule has 0 aliphatic heterocycles. The maximum atomic E-state index is 5.36. The zero-order valence-electron chi connectivity index (χ0n) is 24.2. The van der Waals surface area contributed by atoms with Crippen molar-refractivity contribution in [2.75, 3.05) is 0 Å². The number of hydrogen-bond acceptors (Lipinski definition) is 4. The largest absolute Gasteiger partial charge is 0.263 e. The molecule has 0 aliphatic rings. The predicted molar refractivity (Wildman–Crippen MR) is 189 cm³/mol. The lowest BCUT2D eigenvalue weighted by molar-refractivity contribution is 1.30. The van der Waals surface area contributed by atoms with Gasteiger partial charge in [-0.05, 0) is 62.3 Å². The fourth-order valence-corrected chi connectivity index (χ4v) is 7.46. The minimum Gasteiger partial charge on any atom is -0.263 e. The van der Waals surface area contributed by atoms with E-state index in [0.29, 0.717) is 0 Å². The van der Waals surface area contributed by atoms with Gasteiger partial charge in [0, 0.05) is 34.5 Å². The molecule has 0 spiro atoms. The van der Waals surface area contributed by atoms with Crippen LogP contribution in [-0.4, -0.2) is 15.0 Å². The second-order valence-corrected chi connectivity index (χ2v) is 12.3. The van der Waals surface area contributed by atoms with Gasteiger partial charge in [0.05, 0.1) is 21.6 Å². The summed E-state index contributed by atoms with van der Waals surface area (Å²) in [7, 11) is 0. The molecule has 0 saturated carbocycles. The maximum Gasteiger partial charge on any atom is 0.125 e. The minimum absolute atomic E-state index is 0.902. The van der Waals surface area contributed by atoms with Gasteiger partial charge in [0.2, 0.25) is 0 Å². The number of benzene rings is 6. The Bertz CT molecular complexity index is 2420. The Kier molecular flexibility index (Phi) is 6.00. The highest BCUT2D eigenvalue weighted by Gasteiger charge is 2.17. The highest BCUT2D eigenvalue weighted by molar-refractivity contribution is 7.21. The molecule has 9 aromatic rings. The number of fused-ring (bicyclic) bond motifs is 4. The quantitative estimate of drug-likeness (QED) is 0.204. The van der Waals surface area contributed by atoms with Gasteiger partial charge in [-0.3, -0.25) is 4.98 Å². The van der Waals surface area contributed by atoms with E-state index in [1.807, 2.05) is 18.5 Å². The molecule has 3 aromatic heterocycles. The fraction of sp³-hybridized carbons (Fsp3) is 0. The van der Waals surface area contributed by atoms with E-state index in [9.17, 15) is 0 Å².